The molecule has 0 bridgehead atoms. The predicted molar refractivity (Wildman–Crippen MR) is 140 cm³/mol. The van der Waals surface area contributed by atoms with Crippen molar-refractivity contribution in [1.82, 2.24) is 29.5 Å². The summed E-state index contributed by atoms with van der Waals surface area (Å²) in [6.45, 7) is 12.7. The van der Waals surface area contributed by atoms with Crippen LogP contribution in [0.3, 0.4) is 0 Å². The van der Waals surface area contributed by atoms with Gasteiger partial charge >= 0.3 is 0 Å². The highest BCUT2D eigenvalue weighted by Gasteiger charge is 2.25. The van der Waals surface area contributed by atoms with E-state index in [0.717, 1.165) is 57.2 Å². The van der Waals surface area contributed by atoms with Crippen molar-refractivity contribution in [2.45, 2.75) is 66.2 Å². The maximum absolute atomic E-state index is 11.8. The van der Waals surface area contributed by atoms with E-state index in [1.807, 2.05) is 0 Å². The van der Waals surface area contributed by atoms with E-state index in [2.05, 4.69) is 92.8 Å². The van der Waals surface area contributed by atoms with E-state index in [-0.39, 0.29) is 11.9 Å². The Kier molecular flexibility index (Phi) is 6.60. The van der Waals surface area contributed by atoms with Crippen LogP contribution in [0.5, 0.6) is 0 Å². The topological polar surface area (TPSA) is 68.0 Å². The van der Waals surface area contributed by atoms with Crippen LogP contribution in [0, 0.1) is 5.92 Å². The Morgan fingerprint density at radius 1 is 1.03 bits per heavy atom. The third-order valence-electron chi connectivity index (χ3n) is 7.10. The van der Waals surface area contributed by atoms with Gasteiger partial charge in [-0.2, -0.15) is 0 Å². The minimum Gasteiger partial charge on any atom is -0.346 e. The van der Waals surface area contributed by atoms with Crippen molar-refractivity contribution < 1.29 is 4.79 Å². The van der Waals surface area contributed by atoms with Gasteiger partial charge in [-0.1, -0.05) is 38.1 Å². The van der Waals surface area contributed by atoms with Gasteiger partial charge < -0.3 is 14.5 Å². The van der Waals surface area contributed by atoms with Crippen LogP contribution < -0.4 is 5.32 Å². The molecule has 7 heteroatoms. The number of fused-ring (bicyclic) bond motifs is 4. The van der Waals surface area contributed by atoms with E-state index < -0.39 is 0 Å². The first-order valence-electron chi connectivity index (χ1n) is 12.9. The maximum Gasteiger partial charge on any atom is 0.217 e. The zero-order valence-corrected chi connectivity index (χ0v) is 21.3. The minimum absolute atomic E-state index is 0.0249. The average molecular weight is 473 g/mol. The van der Waals surface area contributed by atoms with Gasteiger partial charge in [0.2, 0.25) is 5.91 Å². The molecule has 4 aromatic rings. The molecule has 0 spiro atoms. The summed E-state index contributed by atoms with van der Waals surface area (Å²) in [5, 5.41) is 14.8. The van der Waals surface area contributed by atoms with Crippen LogP contribution in [0.4, 0.5) is 0 Å². The first-order valence-corrected chi connectivity index (χ1v) is 12.9. The highest BCUT2D eigenvalue weighted by molar-refractivity contribution is 6.08. The molecule has 35 heavy (non-hydrogen) atoms. The monoisotopic (exact) mass is 472 g/mol. The van der Waals surface area contributed by atoms with Crippen molar-refractivity contribution in [2.24, 2.45) is 5.92 Å². The Morgan fingerprint density at radius 2 is 1.83 bits per heavy atom. The molecule has 1 N–H and O–H groups in total. The number of aromatic nitrogens is 4. The molecule has 1 aliphatic heterocycles. The number of amides is 1. The number of benzene rings is 2. The molecule has 5 rings (SSSR count). The quantitative estimate of drug-likeness (QED) is 0.424. The van der Waals surface area contributed by atoms with Gasteiger partial charge in [0, 0.05) is 67.9 Å². The lowest BCUT2D eigenvalue weighted by atomic mass is 10.0. The van der Waals surface area contributed by atoms with E-state index in [1.54, 1.807) is 6.92 Å². The lowest BCUT2D eigenvalue weighted by molar-refractivity contribution is -0.119. The Balaban J connectivity index is 1.36. The summed E-state index contributed by atoms with van der Waals surface area (Å²) in [7, 11) is 0. The molecule has 184 valence electrons. The SMILES string of the molecule is CCn1c2ccccc2c2cc(CN3CCc4nnc(C(CC(C)C)NC(C)=O)n4CC3)ccc21. The molecule has 1 unspecified atom stereocenters. The van der Waals surface area contributed by atoms with Gasteiger partial charge in [0.05, 0.1) is 6.04 Å². The van der Waals surface area contributed by atoms with E-state index in [4.69, 9.17) is 0 Å². The molecular weight excluding hydrogens is 436 g/mol. The fourth-order valence-electron chi connectivity index (χ4n) is 5.55. The first kappa shape index (κ1) is 23.5. The molecule has 1 atom stereocenters. The Morgan fingerprint density at radius 3 is 2.60 bits per heavy atom. The second-order valence-corrected chi connectivity index (χ2v) is 10.1. The summed E-state index contributed by atoms with van der Waals surface area (Å²) in [5.41, 5.74) is 3.95. The molecule has 0 saturated carbocycles. The lowest BCUT2D eigenvalue weighted by Crippen LogP contribution is -2.31. The average Bonchev–Trinajstić information content (AvgIpc) is 3.31. The fourth-order valence-corrected chi connectivity index (χ4v) is 5.55. The zero-order chi connectivity index (χ0) is 24.5. The van der Waals surface area contributed by atoms with Gasteiger partial charge in [-0.25, -0.2) is 0 Å². The molecule has 0 radical (unpaired) electrons. The predicted octanol–water partition coefficient (Wildman–Crippen LogP) is 4.69. The van der Waals surface area contributed by atoms with Gasteiger partial charge in [-0.05, 0) is 43.0 Å². The van der Waals surface area contributed by atoms with E-state index in [0.29, 0.717) is 5.92 Å². The Labute approximate surface area is 207 Å². The Hall–Kier alpha value is -3.19. The van der Waals surface area contributed by atoms with Crippen molar-refractivity contribution in [2.75, 3.05) is 13.1 Å². The molecule has 1 aliphatic rings. The second kappa shape index (κ2) is 9.82. The molecule has 2 aromatic carbocycles. The van der Waals surface area contributed by atoms with Crippen LogP contribution in [0.15, 0.2) is 42.5 Å². The van der Waals surface area contributed by atoms with Crippen molar-refractivity contribution in [3.63, 3.8) is 0 Å². The number of nitrogens with zero attached hydrogens (tertiary/aromatic N) is 5. The maximum atomic E-state index is 11.8. The normalized spacial score (nSPS) is 15.5. The largest absolute Gasteiger partial charge is 0.346 e. The number of rotatable bonds is 7. The summed E-state index contributed by atoms with van der Waals surface area (Å²) in [6.07, 6.45) is 1.71. The third-order valence-corrected chi connectivity index (χ3v) is 7.10. The fraction of sp³-hybridized carbons (Fsp3) is 0.464. The van der Waals surface area contributed by atoms with Crippen molar-refractivity contribution in [3.8, 4) is 0 Å². The smallest absolute Gasteiger partial charge is 0.217 e. The van der Waals surface area contributed by atoms with Crippen LogP contribution >= 0.6 is 0 Å². The highest BCUT2D eigenvalue weighted by atomic mass is 16.1. The van der Waals surface area contributed by atoms with E-state index in [9.17, 15) is 4.79 Å². The van der Waals surface area contributed by atoms with Crippen LogP contribution in [0.2, 0.25) is 0 Å². The molecule has 3 heterocycles. The molecule has 0 aliphatic carbocycles. The highest BCUT2D eigenvalue weighted by Crippen LogP contribution is 2.30. The lowest BCUT2D eigenvalue weighted by Gasteiger charge is -2.22. The molecular formula is C28H36N6O. The molecule has 7 nitrogen and oxygen atoms in total. The van der Waals surface area contributed by atoms with Crippen molar-refractivity contribution in [1.29, 1.82) is 0 Å². The number of carbonyl (C=O) groups excluding carboxylic acids is 1. The van der Waals surface area contributed by atoms with E-state index >= 15 is 0 Å². The molecule has 1 amide bonds. The first-order chi connectivity index (χ1) is 16.9. The van der Waals surface area contributed by atoms with Gasteiger partial charge in [-0.3, -0.25) is 9.69 Å². The zero-order valence-electron chi connectivity index (χ0n) is 21.3. The molecule has 0 fully saturated rings. The van der Waals surface area contributed by atoms with Gasteiger partial charge in [0.25, 0.3) is 0 Å². The summed E-state index contributed by atoms with van der Waals surface area (Å²) in [6, 6.07) is 15.5. The second-order valence-electron chi connectivity index (χ2n) is 10.1. The third kappa shape index (κ3) is 4.69. The number of carbonyl (C=O) groups is 1. The standard InChI is InChI=1S/C28H36N6O/c1-5-33-25-9-7-6-8-22(25)23-17-21(10-11-26(23)33)18-32-13-12-27-30-31-28(34(27)15-14-32)24(16-19(2)3)29-20(4)35/h6-11,17,19,24H,5,12-16,18H2,1-4H3,(H,29,35). The number of hydrogen-bond donors (Lipinski definition) is 1. The molecule has 0 saturated heterocycles. The van der Waals surface area contributed by atoms with Gasteiger partial charge in [0.15, 0.2) is 5.82 Å². The number of aryl methyl sites for hydroxylation is 1. The van der Waals surface area contributed by atoms with Crippen LogP contribution in [-0.2, 0) is 30.8 Å². The number of para-hydroxylation sites is 1. The van der Waals surface area contributed by atoms with Crippen LogP contribution in [-0.4, -0.2) is 43.2 Å². The summed E-state index contributed by atoms with van der Waals surface area (Å²) < 4.78 is 4.64. The minimum atomic E-state index is -0.0985. The van der Waals surface area contributed by atoms with Crippen molar-refractivity contribution >= 4 is 27.7 Å². The summed E-state index contributed by atoms with van der Waals surface area (Å²) >= 11 is 0. The Bertz CT molecular complexity index is 1350. The number of hydrogen-bond acceptors (Lipinski definition) is 4. The molecule has 2 aromatic heterocycles. The summed E-state index contributed by atoms with van der Waals surface area (Å²) in [5.74, 6) is 2.33. The van der Waals surface area contributed by atoms with Crippen LogP contribution in [0.1, 0.15) is 57.4 Å². The van der Waals surface area contributed by atoms with Gasteiger partial charge in [0.1, 0.15) is 5.82 Å². The van der Waals surface area contributed by atoms with Crippen LogP contribution in [0.25, 0.3) is 21.8 Å². The van der Waals surface area contributed by atoms with E-state index in [1.165, 1.54) is 27.4 Å². The van der Waals surface area contributed by atoms with Gasteiger partial charge in [-0.15, -0.1) is 10.2 Å². The number of nitrogens with one attached hydrogen (secondary N) is 1. The van der Waals surface area contributed by atoms with Crippen molar-refractivity contribution in [3.05, 3.63) is 59.7 Å². The summed E-state index contributed by atoms with van der Waals surface area (Å²) in [4.78, 5) is 14.3.